The second kappa shape index (κ2) is 12.8. The topological polar surface area (TPSA) is 150 Å². The van der Waals surface area contributed by atoms with Crippen LogP contribution in [0.15, 0.2) is 48.5 Å². The highest BCUT2D eigenvalue weighted by atomic mass is 16.8. The quantitative estimate of drug-likeness (QED) is 0.339. The number of rotatable bonds is 8. The van der Waals surface area contributed by atoms with Crippen LogP contribution in [-0.4, -0.2) is 74.0 Å². The minimum atomic E-state index is -1.57. The first-order valence-corrected chi connectivity index (χ1v) is 12.9. The molecule has 1 aliphatic heterocycles. The molecule has 41 heavy (non-hydrogen) atoms. The maximum Gasteiger partial charge on any atom is 0.508 e. The van der Waals surface area contributed by atoms with Crippen LogP contribution in [0.4, 0.5) is 4.79 Å². The molecule has 1 fully saturated rings. The molecule has 0 amide bonds. The highest BCUT2D eigenvalue weighted by Gasteiger charge is 2.53. The van der Waals surface area contributed by atoms with Gasteiger partial charge in [0.1, 0.15) is 19.3 Å². The van der Waals surface area contributed by atoms with E-state index in [0.717, 1.165) is 49.9 Å². The van der Waals surface area contributed by atoms with E-state index in [-0.39, 0.29) is 12.5 Å². The molecule has 218 valence electrons. The Kier molecular flexibility index (Phi) is 9.23. The molecule has 2 aromatic rings. The van der Waals surface area contributed by atoms with Gasteiger partial charge in [-0.3, -0.25) is 19.2 Å². The smallest absolute Gasteiger partial charge is 0.455 e. The van der Waals surface area contributed by atoms with Crippen molar-refractivity contribution in [2.45, 2.75) is 64.3 Å². The van der Waals surface area contributed by atoms with Crippen molar-refractivity contribution in [1.29, 1.82) is 0 Å². The van der Waals surface area contributed by atoms with E-state index in [9.17, 15) is 24.0 Å². The second-order valence-corrected chi connectivity index (χ2v) is 9.47. The highest BCUT2D eigenvalue weighted by Crippen LogP contribution is 2.44. The number of fused-ring (bicyclic) bond motifs is 3. The van der Waals surface area contributed by atoms with E-state index in [1.807, 2.05) is 48.5 Å². The van der Waals surface area contributed by atoms with Crippen molar-refractivity contribution < 1.29 is 57.1 Å². The zero-order valence-corrected chi connectivity index (χ0v) is 22.9. The lowest BCUT2D eigenvalue weighted by Crippen LogP contribution is -2.63. The summed E-state index contributed by atoms with van der Waals surface area (Å²) < 4.78 is 37.5. The van der Waals surface area contributed by atoms with E-state index in [2.05, 4.69) is 0 Å². The molecule has 5 atom stereocenters. The maximum atomic E-state index is 12.7. The van der Waals surface area contributed by atoms with E-state index < -0.39 is 67.3 Å². The Morgan fingerprint density at radius 1 is 0.610 bits per heavy atom. The van der Waals surface area contributed by atoms with Gasteiger partial charge in [-0.25, -0.2) is 4.79 Å². The second-order valence-electron chi connectivity index (χ2n) is 9.47. The lowest BCUT2D eigenvalue weighted by atomic mass is 9.98. The summed E-state index contributed by atoms with van der Waals surface area (Å²) in [6.07, 6.45) is -8.21. The fourth-order valence-corrected chi connectivity index (χ4v) is 5.03. The van der Waals surface area contributed by atoms with Crippen LogP contribution in [0.1, 0.15) is 44.7 Å². The molecule has 0 N–H and O–H groups in total. The largest absolute Gasteiger partial charge is 0.508 e. The van der Waals surface area contributed by atoms with E-state index >= 15 is 0 Å². The molecule has 12 heteroatoms. The van der Waals surface area contributed by atoms with Gasteiger partial charge in [0, 0.05) is 33.6 Å². The van der Waals surface area contributed by atoms with E-state index in [1.165, 1.54) is 0 Å². The van der Waals surface area contributed by atoms with Crippen molar-refractivity contribution in [3.63, 3.8) is 0 Å². The fraction of sp³-hybridized carbons (Fsp3) is 0.414. The van der Waals surface area contributed by atoms with Crippen LogP contribution >= 0.6 is 0 Å². The average molecular weight is 571 g/mol. The molecule has 2 aromatic carbocycles. The standard InChI is InChI=1S/C29H30O12/c1-15(30)37-25-24(41-28(40-18(4)33)27(39-17(3)32)26(25)38-16(2)31)14-36-29(34)35-13-23-21-11-7-5-9-19(21)20-10-6-8-12-22(20)23/h5-12,23-28H,13-14H2,1-4H3/t24-,25+,26+,27-,28?/m1/s1. The van der Waals surface area contributed by atoms with Gasteiger partial charge < -0.3 is 33.2 Å². The summed E-state index contributed by atoms with van der Waals surface area (Å²) in [6, 6.07) is 15.6. The molecule has 0 bridgehead atoms. The molecule has 12 nitrogen and oxygen atoms in total. The van der Waals surface area contributed by atoms with Gasteiger partial charge in [0.05, 0.1) is 0 Å². The van der Waals surface area contributed by atoms with Crippen LogP contribution in [0.3, 0.4) is 0 Å². The van der Waals surface area contributed by atoms with Crippen molar-refractivity contribution in [2.75, 3.05) is 13.2 Å². The van der Waals surface area contributed by atoms with Crippen molar-refractivity contribution in [2.24, 2.45) is 0 Å². The van der Waals surface area contributed by atoms with Gasteiger partial charge in [-0.15, -0.1) is 0 Å². The van der Waals surface area contributed by atoms with Crippen LogP contribution in [-0.2, 0) is 52.3 Å². The van der Waals surface area contributed by atoms with Gasteiger partial charge in [-0.2, -0.15) is 0 Å². The predicted octanol–water partition coefficient (Wildman–Crippen LogP) is 3.04. The van der Waals surface area contributed by atoms with Crippen molar-refractivity contribution >= 4 is 30.0 Å². The molecule has 1 aliphatic carbocycles. The number of hydrogen-bond donors (Lipinski definition) is 0. The molecule has 4 rings (SSSR count). The molecule has 1 unspecified atom stereocenters. The zero-order valence-electron chi connectivity index (χ0n) is 22.9. The monoisotopic (exact) mass is 570 g/mol. The molecule has 0 saturated carbocycles. The number of esters is 4. The number of benzene rings is 2. The van der Waals surface area contributed by atoms with Gasteiger partial charge in [-0.05, 0) is 22.3 Å². The average Bonchev–Trinajstić information content (AvgIpc) is 3.22. The molecular formula is C29H30O12. The van der Waals surface area contributed by atoms with Gasteiger partial charge in [0.15, 0.2) is 12.2 Å². The Hall–Kier alpha value is -4.45. The Labute approximate surface area is 235 Å². The number of hydrogen-bond acceptors (Lipinski definition) is 12. The summed E-state index contributed by atoms with van der Waals surface area (Å²) in [6.45, 7) is 3.82. The number of carbonyl (C=O) groups excluding carboxylic acids is 5. The van der Waals surface area contributed by atoms with E-state index in [1.54, 1.807) is 0 Å². The normalized spacial score (nSPS) is 22.9. The summed E-state index contributed by atoms with van der Waals surface area (Å²) in [5.74, 6) is -3.39. The molecular weight excluding hydrogens is 540 g/mol. The third kappa shape index (κ3) is 7.01. The fourth-order valence-electron chi connectivity index (χ4n) is 5.03. The Morgan fingerprint density at radius 2 is 1.07 bits per heavy atom. The minimum Gasteiger partial charge on any atom is -0.455 e. The maximum absolute atomic E-state index is 12.7. The summed E-state index contributed by atoms with van der Waals surface area (Å²) in [7, 11) is 0. The molecule has 2 aliphatic rings. The minimum absolute atomic E-state index is 0.00751. The van der Waals surface area contributed by atoms with Gasteiger partial charge in [-0.1, -0.05) is 48.5 Å². The number of carbonyl (C=O) groups is 5. The van der Waals surface area contributed by atoms with Crippen LogP contribution < -0.4 is 0 Å². The first-order valence-electron chi connectivity index (χ1n) is 12.9. The number of ether oxygens (including phenoxy) is 7. The van der Waals surface area contributed by atoms with Crippen LogP contribution in [0.2, 0.25) is 0 Å². The van der Waals surface area contributed by atoms with E-state index in [0.29, 0.717) is 0 Å². The molecule has 1 heterocycles. The first kappa shape index (κ1) is 29.5. The molecule has 0 aromatic heterocycles. The van der Waals surface area contributed by atoms with Crippen molar-refractivity contribution in [3.05, 3.63) is 59.7 Å². The van der Waals surface area contributed by atoms with Crippen molar-refractivity contribution in [1.82, 2.24) is 0 Å². The SMILES string of the molecule is CC(=O)OC1O[C@H](COC(=O)OCC2c3ccccc3-c3ccccc32)[C@H](OC(C)=O)[C@H](OC(C)=O)[C@H]1OC(C)=O. The first-order chi connectivity index (χ1) is 19.5. The lowest BCUT2D eigenvalue weighted by Gasteiger charge is -2.43. The third-order valence-electron chi connectivity index (χ3n) is 6.48. The summed E-state index contributed by atoms with van der Waals surface area (Å²) in [5, 5.41) is 0. The van der Waals surface area contributed by atoms with Crippen LogP contribution in [0.5, 0.6) is 0 Å². The zero-order chi connectivity index (χ0) is 29.7. The van der Waals surface area contributed by atoms with Crippen LogP contribution in [0, 0.1) is 0 Å². The van der Waals surface area contributed by atoms with Crippen LogP contribution in [0.25, 0.3) is 11.1 Å². The Morgan fingerprint density at radius 3 is 1.61 bits per heavy atom. The predicted molar refractivity (Wildman–Crippen MR) is 138 cm³/mol. The highest BCUT2D eigenvalue weighted by molar-refractivity contribution is 5.79. The van der Waals surface area contributed by atoms with Crippen molar-refractivity contribution in [3.8, 4) is 11.1 Å². The van der Waals surface area contributed by atoms with Gasteiger partial charge in [0.2, 0.25) is 12.4 Å². The molecule has 0 radical (unpaired) electrons. The molecule has 0 spiro atoms. The summed E-state index contributed by atoms with van der Waals surface area (Å²) in [5.41, 5.74) is 4.13. The summed E-state index contributed by atoms with van der Waals surface area (Å²) >= 11 is 0. The summed E-state index contributed by atoms with van der Waals surface area (Å²) in [4.78, 5) is 60.0. The lowest BCUT2D eigenvalue weighted by molar-refractivity contribution is -0.299. The molecule has 1 saturated heterocycles. The van der Waals surface area contributed by atoms with Gasteiger partial charge in [0.25, 0.3) is 0 Å². The Bertz CT molecular complexity index is 1270. The third-order valence-corrected chi connectivity index (χ3v) is 6.48. The van der Waals surface area contributed by atoms with E-state index in [4.69, 9.17) is 33.2 Å². The Balaban J connectivity index is 1.49. The van der Waals surface area contributed by atoms with Gasteiger partial charge >= 0.3 is 30.0 Å².